The minimum absolute atomic E-state index is 0.185. The maximum atomic E-state index is 9.28. The number of benzene rings is 3. The summed E-state index contributed by atoms with van der Waals surface area (Å²) in [6, 6.07) is 20.0. The zero-order valence-corrected chi connectivity index (χ0v) is 18.6. The lowest BCUT2D eigenvalue weighted by Gasteiger charge is -2.10. The van der Waals surface area contributed by atoms with E-state index in [1.807, 2.05) is 50.2 Å². The van der Waals surface area contributed by atoms with Crippen molar-refractivity contribution in [2.24, 2.45) is 20.8 Å². The summed E-state index contributed by atoms with van der Waals surface area (Å²) in [6.45, 7) is 4.07. The van der Waals surface area contributed by atoms with Gasteiger partial charge in [-0.1, -0.05) is 42.0 Å². The highest BCUT2D eigenvalue weighted by molar-refractivity contribution is 7.80. The average molecular weight is 445 g/mol. The normalized spacial score (nSPS) is 11.8. The van der Waals surface area contributed by atoms with Crippen LogP contribution in [0.25, 0.3) is 0 Å². The largest absolute Gasteiger partial charge is 0.508 e. The molecule has 0 amide bonds. The van der Waals surface area contributed by atoms with Gasteiger partial charge in [0.25, 0.3) is 0 Å². The van der Waals surface area contributed by atoms with Crippen molar-refractivity contribution >= 4 is 47.1 Å². The second-order valence-electron chi connectivity index (χ2n) is 7.04. The summed E-state index contributed by atoms with van der Waals surface area (Å²) in [7, 11) is 0. The molecular weight excluding hydrogens is 420 g/mol. The number of nitrogens with one attached hydrogen (secondary N) is 2. The van der Waals surface area contributed by atoms with Gasteiger partial charge in [0.2, 0.25) is 0 Å². The summed E-state index contributed by atoms with van der Waals surface area (Å²) < 4.78 is 0. The molecule has 0 bridgehead atoms. The van der Waals surface area contributed by atoms with Crippen LogP contribution in [0.15, 0.2) is 81.8 Å². The van der Waals surface area contributed by atoms with E-state index >= 15 is 0 Å². The van der Waals surface area contributed by atoms with Crippen molar-refractivity contribution < 1.29 is 5.11 Å². The van der Waals surface area contributed by atoms with Crippen LogP contribution in [0, 0.1) is 13.8 Å². The van der Waals surface area contributed by atoms with Crippen molar-refractivity contribution in [3.8, 4) is 5.75 Å². The first kappa shape index (κ1) is 22.6. The van der Waals surface area contributed by atoms with E-state index in [9.17, 15) is 5.11 Å². The number of hydrogen-bond acceptors (Lipinski definition) is 4. The molecule has 0 aliphatic heterocycles. The Morgan fingerprint density at radius 2 is 1.72 bits per heavy atom. The highest BCUT2D eigenvalue weighted by Crippen LogP contribution is 2.16. The molecule has 0 aliphatic carbocycles. The van der Waals surface area contributed by atoms with E-state index in [1.165, 1.54) is 11.9 Å². The van der Waals surface area contributed by atoms with E-state index in [0.29, 0.717) is 16.6 Å². The number of nitrogens with two attached hydrogens (primary N) is 1. The molecule has 0 saturated carbocycles. The fraction of sp³-hybridized carbons (Fsp3) is 0.0833. The van der Waals surface area contributed by atoms with Crippen LogP contribution < -0.4 is 16.5 Å². The Bertz CT molecular complexity index is 1170. The second-order valence-corrected chi connectivity index (χ2v) is 7.45. The van der Waals surface area contributed by atoms with E-state index in [-0.39, 0.29) is 5.75 Å². The minimum Gasteiger partial charge on any atom is -0.508 e. The first-order valence-corrected chi connectivity index (χ1v) is 10.2. The summed E-state index contributed by atoms with van der Waals surface area (Å²) in [6.07, 6.45) is 3.05. The van der Waals surface area contributed by atoms with Gasteiger partial charge in [-0.15, -0.1) is 0 Å². The molecule has 0 unspecified atom stereocenters. The van der Waals surface area contributed by atoms with E-state index in [1.54, 1.807) is 30.5 Å². The molecule has 3 aromatic rings. The lowest BCUT2D eigenvalue weighted by molar-refractivity contribution is 0.475. The number of rotatable bonds is 6. The summed E-state index contributed by atoms with van der Waals surface area (Å²) in [5, 5.41) is 17.0. The van der Waals surface area contributed by atoms with Gasteiger partial charge in [-0.3, -0.25) is 5.43 Å². The standard InChI is InChI=1S/C24H24N6OS/c1-16-3-12-22(17(2)13-16)29-24(32)30-28-14-18-4-6-19(7-5-18)23(25)27-15-26-20-8-10-21(31)11-9-20/h3-15,31H,1-2H3,(H2,25,26,27)(H2,29,30,32)/b28-14+. The molecule has 0 fully saturated rings. The number of aliphatic imine (C=N–C) groups is 2. The van der Waals surface area contributed by atoms with Crippen molar-refractivity contribution in [3.63, 3.8) is 0 Å². The molecule has 3 rings (SSSR count). The third-order valence-electron chi connectivity index (χ3n) is 4.47. The Morgan fingerprint density at radius 1 is 1.00 bits per heavy atom. The molecule has 0 radical (unpaired) electrons. The third kappa shape index (κ3) is 6.75. The molecule has 0 aromatic heterocycles. The van der Waals surface area contributed by atoms with Gasteiger partial charge < -0.3 is 16.2 Å². The average Bonchev–Trinajstić information content (AvgIpc) is 2.77. The predicted octanol–water partition coefficient (Wildman–Crippen LogP) is 4.39. The molecule has 0 spiro atoms. The quantitative estimate of drug-likeness (QED) is 0.195. The molecule has 0 atom stereocenters. The van der Waals surface area contributed by atoms with E-state index in [0.717, 1.165) is 22.4 Å². The lowest BCUT2D eigenvalue weighted by atomic mass is 10.1. The number of phenols is 1. The highest BCUT2D eigenvalue weighted by Gasteiger charge is 2.01. The molecule has 162 valence electrons. The monoisotopic (exact) mass is 444 g/mol. The topological polar surface area (TPSA) is 107 Å². The van der Waals surface area contributed by atoms with Gasteiger partial charge >= 0.3 is 0 Å². The summed E-state index contributed by atoms with van der Waals surface area (Å²) in [5.74, 6) is 0.526. The first-order chi connectivity index (χ1) is 15.4. The Morgan fingerprint density at radius 3 is 2.41 bits per heavy atom. The SMILES string of the molecule is Cc1ccc(NC(=S)N/N=C/c2ccc(C(N)=NC=Nc3ccc(O)cc3)cc2)c(C)c1. The van der Waals surface area contributed by atoms with E-state index < -0.39 is 0 Å². The molecule has 8 heteroatoms. The maximum absolute atomic E-state index is 9.28. The van der Waals surface area contributed by atoms with Crippen LogP contribution in [0.3, 0.4) is 0 Å². The van der Waals surface area contributed by atoms with Crippen molar-refractivity contribution in [1.29, 1.82) is 0 Å². The molecule has 0 aliphatic rings. The van der Waals surface area contributed by atoms with Crippen LogP contribution in [0.5, 0.6) is 5.75 Å². The molecule has 32 heavy (non-hydrogen) atoms. The van der Waals surface area contributed by atoms with Crippen LogP contribution >= 0.6 is 12.2 Å². The summed E-state index contributed by atoms with van der Waals surface area (Å²) in [4.78, 5) is 8.32. The van der Waals surface area contributed by atoms with Crippen molar-refractivity contribution in [2.45, 2.75) is 13.8 Å². The van der Waals surface area contributed by atoms with Gasteiger partial charge in [-0.2, -0.15) is 5.10 Å². The van der Waals surface area contributed by atoms with Gasteiger partial charge in [0.05, 0.1) is 11.9 Å². The maximum Gasteiger partial charge on any atom is 0.191 e. The molecular formula is C24H24N6OS. The van der Waals surface area contributed by atoms with Crippen LogP contribution in [0.2, 0.25) is 0 Å². The number of hydrogen-bond donors (Lipinski definition) is 4. The van der Waals surface area contributed by atoms with E-state index in [2.05, 4.69) is 31.9 Å². The number of thiocarbonyl (C=S) groups is 1. The number of hydrazone groups is 1. The van der Waals surface area contributed by atoms with Crippen molar-refractivity contribution in [2.75, 3.05) is 5.32 Å². The van der Waals surface area contributed by atoms with Crippen LogP contribution in [0.4, 0.5) is 11.4 Å². The Kier molecular flexibility index (Phi) is 7.66. The number of amidine groups is 1. The first-order valence-electron chi connectivity index (χ1n) is 9.83. The van der Waals surface area contributed by atoms with Crippen LogP contribution in [0.1, 0.15) is 22.3 Å². The number of phenolic OH excluding ortho intramolecular Hbond substituents is 1. The predicted molar refractivity (Wildman–Crippen MR) is 136 cm³/mol. The second kappa shape index (κ2) is 10.8. The van der Waals surface area contributed by atoms with Crippen LogP contribution in [-0.2, 0) is 0 Å². The lowest BCUT2D eigenvalue weighted by Crippen LogP contribution is -2.24. The fourth-order valence-electron chi connectivity index (χ4n) is 2.78. The number of anilines is 1. The Labute approximate surface area is 192 Å². The number of aryl methyl sites for hydroxylation is 2. The molecule has 5 N–H and O–H groups in total. The number of aromatic hydroxyl groups is 1. The van der Waals surface area contributed by atoms with Gasteiger partial charge in [-0.25, -0.2) is 9.98 Å². The van der Waals surface area contributed by atoms with Gasteiger partial charge in [0.1, 0.15) is 17.9 Å². The Hall–Kier alpha value is -4.04. The van der Waals surface area contributed by atoms with Gasteiger partial charge in [0.15, 0.2) is 5.11 Å². The van der Waals surface area contributed by atoms with Crippen molar-refractivity contribution in [1.82, 2.24) is 5.43 Å². The fourth-order valence-corrected chi connectivity index (χ4v) is 2.94. The molecule has 0 heterocycles. The number of nitrogens with zero attached hydrogens (tertiary/aromatic N) is 3. The van der Waals surface area contributed by atoms with Gasteiger partial charge in [-0.05, 0) is 67.5 Å². The minimum atomic E-state index is 0.185. The highest BCUT2D eigenvalue weighted by atomic mass is 32.1. The smallest absolute Gasteiger partial charge is 0.191 e. The third-order valence-corrected chi connectivity index (χ3v) is 4.66. The Balaban J connectivity index is 1.53. The summed E-state index contributed by atoms with van der Waals surface area (Å²) >= 11 is 5.29. The molecule has 7 nitrogen and oxygen atoms in total. The van der Waals surface area contributed by atoms with Gasteiger partial charge in [0, 0.05) is 11.3 Å². The zero-order chi connectivity index (χ0) is 22.9. The molecule has 0 saturated heterocycles. The van der Waals surface area contributed by atoms with Crippen molar-refractivity contribution in [3.05, 3.63) is 89.0 Å². The zero-order valence-electron chi connectivity index (χ0n) is 17.8. The van der Waals surface area contributed by atoms with E-state index in [4.69, 9.17) is 18.0 Å². The van der Waals surface area contributed by atoms with Crippen LogP contribution in [-0.4, -0.2) is 28.6 Å². The summed E-state index contributed by atoms with van der Waals surface area (Å²) in [5.41, 5.74) is 14.4. The molecule has 3 aromatic carbocycles.